The summed E-state index contributed by atoms with van der Waals surface area (Å²) >= 11 is 0. The van der Waals surface area contributed by atoms with Crippen molar-refractivity contribution in [2.24, 2.45) is 0 Å². The normalized spacial score (nSPS) is 11.5. The minimum absolute atomic E-state index is 0.0403. The van der Waals surface area contributed by atoms with Gasteiger partial charge in [0.25, 0.3) is 11.8 Å². The Morgan fingerprint density at radius 3 is 2.20 bits per heavy atom. The van der Waals surface area contributed by atoms with Crippen LogP contribution in [0.4, 0.5) is 0 Å². The van der Waals surface area contributed by atoms with E-state index in [4.69, 9.17) is 0 Å². The summed E-state index contributed by atoms with van der Waals surface area (Å²) < 4.78 is 0. The molecule has 1 N–H and O–H groups in total. The fourth-order valence-corrected chi connectivity index (χ4v) is 4.15. The van der Waals surface area contributed by atoms with Crippen molar-refractivity contribution in [2.45, 2.75) is 18.9 Å². The van der Waals surface area contributed by atoms with Gasteiger partial charge in [-0.05, 0) is 47.7 Å². The standard InChI is InChI=1S/C30H29N3O2/c1-33(30(35)27-17-9-8-16-26(27)24-14-6-3-7-15-24)25(22-23-12-4-2-5-13-23)19-21-32-29(34)28-18-10-11-20-31-28/h2-18,20,25H,19,21-22H2,1H3,(H,32,34). The van der Waals surface area contributed by atoms with Gasteiger partial charge >= 0.3 is 0 Å². The van der Waals surface area contributed by atoms with Gasteiger partial charge < -0.3 is 10.2 Å². The van der Waals surface area contributed by atoms with Gasteiger partial charge in [-0.25, -0.2) is 0 Å². The molecular weight excluding hydrogens is 434 g/mol. The molecule has 0 aliphatic rings. The Morgan fingerprint density at radius 1 is 0.829 bits per heavy atom. The van der Waals surface area contributed by atoms with E-state index < -0.39 is 0 Å². The molecule has 5 nitrogen and oxygen atoms in total. The van der Waals surface area contributed by atoms with Gasteiger partial charge in [-0.1, -0.05) is 84.9 Å². The highest BCUT2D eigenvalue weighted by Gasteiger charge is 2.24. The second kappa shape index (κ2) is 11.7. The third kappa shape index (κ3) is 6.21. The van der Waals surface area contributed by atoms with E-state index in [2.05, 4.69) is 22.4 Å². The number of nitrogens with zero attached hydrogens (tertiary/aromatic N) is 2. The summed E-state index contributed by atoms with van der Waals surface area (Å²) in [6.45, 7) is 0.435. The number of carbonyl (C=O) groups is 2. The van der Waals surface area contributed by atoms with Gasteiger partial charge in [-0.2, -0.15) is 0 Å². The fourth-order valence-electron chi connectivity index (χ4n) is 4.15. The van der Waals surface area contributed by atoms with Crippen LogP contribution in [0, 0.1) is 0 Å². The number of aromatic nitrogens is 1. The van der Waals surface area contributed by atoms with Crippen LogP contribution in [-0.4, -0.2) is 41.3 Å². The summed E-state index contributed by atoms with van der Waals surface area (Å²) in [4.78, 5) is 32.1. The molecule has 35 heavy (non-hydrogen) atoms. The molecule has 1 atom stereocenters. The molecule has 1 unspecified atom stereocenters. The minimum Gasteiger partial charge on any atom is -0.351 e. The van der Waals surface area contributed by atoms with Gasteiger partial charge in [-0.15, -0.1) is 0 Å². The van der Waals surface area contributed by atoms with Crippen molar-refractivity contribution in [1.82, 2.24) is 15.2 Å². The molecule has 1 heterocycles. The Bertz CT molecular complexity index is 1240. The molecule has 2 amide bonds. The van der Waals surface area contributed by atoms with Crippen LogP contribution in [-0.2, 0) is 6.42 Å². The molecule has 0 fully saturated rings. The maximum Gasteiger partial charge on any atom is 0.269 e. The molecule has 4 aromatic rings. The van der Waals surface area contributed by atoms with Crippen LogP contribution < -0.4 is 5.32 Å². The largest absolute Gasteiger partial charge is 0.351 e. The second-order valence-electron chi connectivity index (χ2n) is 8.43. The smallest absolute Gasteiger partial charge is 0.269 e. The maximum atomic E-state index is 13.7. The number of pyridine rings is 1. The van der Waals surface area contributed by atoms with E-state index >= 15 is 0 Å². The lowest BCUT2D eigenvalue weighted by atomic mass is 9.97. The highest BCUT2D eigenvalue weighted by atomic mass is 16.2. The summed E-state index contributed by atoms with van der Waals surface area (Å²) in [6, 6.07) is 32.9. The first-order chi connectivity index (χ1) is 17.1. The van der Waals surface area contributed by atoms with E-state index in [1.807, 2.05) is 84.7 Å². The Labute approximate surface area is 206 Å². The topological polar surface area (TPSA) is 62.3 Å². The highest BCUT2D eigenvalue weighted by molar-refractivity contribution is 6.01. The number of rotatable bonds is 9. The molecule has 3 aromatic carbocycles. The number of likely N-dealkylation sites (N-methyl/N-ethyl adjacent to an activating group) is 1. The number of benzene rings is 3. The molecule has 0 spiro atoms. The molecule has 0 bridgehead atoms. The molecule has 0 saturated heterocycles. The first kappa shape index (κ1) is 23.9. The van der Waals surface area contributed by atoms with Gasteiger partial charge in [0.2, 0.25) is 0 Å². The average molecular weight is 464 g/mol. The molecule has 4 rings (SSSR count). The van der Waals surface area contributed by atoms with Crippen LogP contribution in [0.5, 0.6) is 0 Å². The van der Waals surface area contributed by atoms with Gasteiger partial charge in [0.15, 0.2) is 0 Å². The van der Waals surface area contributed by atoms with Crippen molar-refractivity contribution in [2.75, 3.05) is 13.6 Å². The van der Waals surface area contributed by atoms with E-state index in [1.54, 1.807) is 24.4 Å². The van der Waals surface area contributed by atoms with Crippen molar-refractivity contribution in [1.29, 1.82) is 0 Å². The van der Waals surface area contributed by atoms with Gasteiger partial charge in [-0.3, -0.25) is 14.6 Å². The quantitative estimate of drug-likeness (QED) is 0.369. The predicted octanol–water partition coefficient (Wildman–Crippen LogP) is 5.25. The molecule has 0 aliphatic heterocycles. The van der Waals surface area contributed by atoms with E-state index in [-0.39, 0.29) is 17.9 Å². The van der Waals surface area contributed by atoms with Crippen molar-refractivity contribution in [3.8, 4) is 11.1 Å². The summed E-state index contributed by atoms with van der Waals surface area (Å²) in [6.07, 6.45) is 2.91. The Hall–Kier alpha value is -4.25. The Balaban J connectivity index is 1.53. The summed E-state index contributed by atoms with van der Waals surface area (Å²) in [5, 5.41) is 2.95. The molecule has 0 saturated carbocycles. The maximum absolute atomic E-state index is 13.7. The third-order valence-corrected chi connectivity index (χ3v) is 6.09. The third-order valence-electron chi connectivity index (χ3n) is 6.09. The predicted molar refractivity (Wildman–Crippen MR) is 139 cm³/mol. The molecule has 1 aromatic heterocycles. The number of hydrogen-bond acceptors (Lipinski definition) is 3. The number of hydrogen-bond donors (Lipinski definition) is 1. The number of nitrogens with one attached hydrogen (secondary N) is 1. The molecular formula is C30H29N3O2. The first-order valence-corrected chi connectivity index (χ1v) is 11.8. The SMILES string of the molecule is CN(C(=O)c1ccccc1-c1ccccc1)C(CCNC(=O)c1ccccn1)Cc1ccccc1. The van der Waals surface area contributed by atoms with E-state index in [0.29, 0.717) is 30.6 Å². The van der Waals surface area contributed by atoms with Crippen molar-refractivity contribution in [3.63, 3.8) is 0 Å². The molecule has 176 valence electrons. The molecule has 5 heteroatoms. The molecule has 0 radical (unpaired) electrons. The van der Waals surface area contributed by atoms with Crippen LogP contribution in [0.25, 0.3) is 11.1 Å². The monoisotopic (exact) mass is 463 g/mol. The second-order valence-corrected chi connectivity index (χ2v) is 8.43. The lowest BCUT2D eigenvalue weighted by molar-refractivity contribution is 0.0723. The minimum atomic E-state index is -0.215. The van der Waals surface area contributed by atoms with Crippen LogP contribution in [0.15, 0.2) is 109 Å². The Kier molecular flexibility index (Phi) is 8.02. The fraction of sp³-hybridized carbons (Fsp3) is 0.167. The van der Waals surface area contributed by atoms with E-state index in [1.165, 1.54) is 0 Å². The Morgan fingerprint density at radius 2 is 1.49 bits per heavy atom. The van der Waals surface area contributed by atoms with Gasteiger partial charge in [0.1, 0.15) is 5.69 Å². The van der Waals surface area contributed by atoms with Crippen molar-refractivity contribution in [3.05, 3.63) is 126 Å². The van der Waals surface area contributed by atoms with Crippen molar-refractivity contribution >= 4 is 11.8 Å². The zero-order valence-corrected chi connectivity index (χ0v) is 19.8. The van der Waals surface area contributed by atoms with Gasteiger partial charge in [0.05, 0.1) is 0 Å². The van der Waals surface area contributed by atoms with Crippen LogP contribution >= 0.6 is 0 Å². The van der Waals surface area contributed by atoms with Crippen molar-refractivity contribution < 1.29 is 9.59 Å². The lowest BCUT2D eigenvalue weighted by Gasteiger charge is -2.29. The lowest BCUT2D eigenvalue weighted by Crippen LogP contribution is -2.41. The number of carbonyl (C=O) groups excluding carboxylic acids is 2. The van der Waals surface area contributed by atoms with Crippen LogP contribution in [0.3, 0.4) is 0 Å². The average Bonchev–Trinajstić information content (AvgIpc) is 2.93. The van der Waals surface area contributed by atoms with Gasteiger partial charge in [0, 0.05) is 31.4 Å². The highest BCUT2D eigenvalue weighted by Crippen LogP contribution is 2.25. The summed E-state index contributed by atoms with van der Waals surface area (Å²) in [7, 11) is 1.85. The molecule has 0 aliphatic carbocycles. The van der Waals surface area contributed by atoms with E-state index in [0.717, 1.165) is 16.7 Å². The zero-order chi connectivity index (χ0) is 24.5. The zero-order valence-electron chi connectivity index (χ0n) is 19.8. The van der Waals surface area contributed by atoms with Crippen LogP contribution in [0.2, 0.25) is 0 Å². The summed E-state index contributed by atoms with van der Waals surface area (Å²) in [5.41, 5.74) is 4.11. The summed E-state index contributed by atoms with van der Waals surface area (Å²) in [5.74, 6) is -0.256. The number of amides is 2. The van der Waals surface area contributed by atoms with E-state index in [9.17, 15) is 9.59 Å². The van der Waals surface area contributed by atoms with Crippen LogP contribution in [0.1, 0.15) is 32.8 Å². The first-order valence-electron chi connectivity index (χ1n) is 11.8.